The number of aromatic nitrogens is 1. The van der Waals surface area contributed by atoms with Gasteiger partial charge in [0.05, 0.1) is 18.5 Å². The molecule has 5 heteroatoms. The summed E-state index contributed by atoms with van der Waals surface area (Å²) in [5.41, 5.74) is 6.04. The average molecular weight is 394 g/mol. The zero-order valence-corrected chi connectivity index (χ0v) is 17.1. The van der Waals surface area contributed by atoms with Crippen LogP contribution in [-0.2, 0) is 0 Å². The summed E-state index contributed by atoms with van der Waals surface area (Å²) >= 11 is 1.54. The maximum Gasteiger partial charge on any atom is 0.203 e. The summed E-state index contributed by atoms with van der Waals surface area (Å²) in [6.45, 7) is 2.98. The highest BCUT2D eigenvalue weighted by Crippen LogP contribution is 2.24. The molecular weight excluding hydrogens is 366 g/mol. The maximum absolute atomic E-state index is 5.95. The van der Waals surface area contributed by atoms with Crippen LogP contribution in [0, 0.1) is 0 Å². The van der Waals surface area contributed by atoms with Crippen molar-refractivity contribution in [2.24, 2.45) is 5.10 Å². The normalized spacial score (nSPS) is 11.0. The molecule has 0 amide bonds. The standard InChI is InChI=1S/C23H27N3OS/c1-2-3-4-5-11-16-27-22-15-10-9-14-20(22)17-24-26-23-25-21(18-28-23)19-12-7-6-8-13-19/h6-10,12-15,17-18H,2-5,11,16H2,1H3,(H,25,26)/b24-17-. The van der Waals surface area contributed by atoms with E-state index < -0.39 is 0 Å². The lowest BCUT2D eigenvalue weighted by molar-refractivity contribution is 0.304. The number of hydrogen-bond donors (Lipinski definition) is 1. The Balaban J connectivity index is 1.52. The lowest BCUT2D eigenvalue weighted by atomic mass is 10.2. The zero-order chi connectivity index (χ0) is 19.4. The largest absolute Gasteiger partial charge is 0.493 e. The minimum Gasteiger partial charge on any atom is -0.493 e. The van der Waals surface area contributed by atoms with Gasteiger partial charge >= 0.3 is 0 Å². The summed E-state index contributed by atoms with van der Waals surface area (Å²) in [5.74, 6) is 0.868. The fourth-order valence-corrected chi connectivity index (χ4v) is 3.50. The van der Waals surface area contributed by atoms with Crippen LogP contribution < -0.4 is 10.2 Å². The molecule has 1 heterocycles. The Labute approximate surface area is 171 Å². The van der Waals surface area contributed by atoms with Crippen molar-refractivity contribution in [2.45, 2.75) is 39.0 Å². The third kappa shape index (κ3) is 6.20. The van der Waals surface area contributed by atoms with Crippen molar-refractivity contribution in [2.75, 3.05) is 12.0 Å². The third-order valence-electron chi connectivity index (χ3n) is 4.36. The first-order chi connectivity index (χ1) is 13.9. The summed E-state index contributed by atoms with van der Waals surface area (Å²) in [5, 5.41) is 7.14. The number of benzene rings is 2. The van der Waals surface area contributed by atoms with E-state index in [9.17, 15) is 0 Å². The van der Waals surface area contributed by atoms with Crippen molar-refractivity contribution < 1.29 is 4.74 Å². The highest BCUT2D eigenvalue weighted by molar-refractivity contribution is 7.14. The number of para-hydroxylation sites is 1. The Kier molecular flexibility index (Phi) is 8.07. The first kappa shape index (κ1) is 20.1. The van der Waals surface area contributed by atoms with E-state index in [1.807, 2.05) is 47.8 Å². The molecule has 0 saturated carbocycles. The molecule has 1 aromatic heterocycles. The van der Waals surface area contributed by atoms with Crippen LogP contribution in [0.5, 0.6) is 5.75 Å². The SMILES string of the molecule is CCCCCCCOc1ccccc1/C=N\Nc1nc(-c2ccccc2)cs1. The second-order valence-corrected chi connectivity index (χ2v) is 7.43. The van der Waals surface area contributed by atoms with Crippen LogP contribution in [0.15, 0.2) is 65.1 Å². The smallest absolute Gasteiger partial charge is 0.203 e. The topological polar surface area (TPSA) is 46.5 Å². The third-order valence-corrected chi connectivity index (χ3v) is 5.11. The van der Waals surface area contributed by atoms with Crippen LogP contribution in [0.2, 0.25) is 0 Å². The Bertz CT molecular complexity index is 861. The second kappa shape index (κ2) is 11.2. The number of hydrazone groups is 1. The summed E-state index contributed by atoms with van der Waals surface area (Å²) in [4.78, 5) is 4.58. The van der Waals surface area contributed by atoms with E-state index in [0.717, 1.165) is 40.7 Å². The van der Waals surface area contributed by atoms with Gasteiger partial charge in [-0.1, -0.05) is 75.1 Å². The van der Waals surface area contributed by atoms with Crippen molar-refractivity contribution in [1.82, 2.24) is 4.98 Å². The van der Waals surface area contributed by atoms with Crippen LogP contribution in [-0.4, -0.2) is 17.8 Å². The Morgan fingerprint density at radius 3 is 2.64 bits per heavy atom. The van der Waals surface area contributed by atoms with Crippen molar-refractivity contribution in [3.63, 3.8) is 0 Å². The summed E-state index contributed by atoms with van der Waals surface area (Å²) in [6.07, 6.45) is 7.95. The van der Waals surface area contributed by atoms with Gasteiger partial charge in [0.25, 0.3) is 0 Å². The minimum absolute atomic E-state index is 0.745. The lowest BCUT2D eigenvalue weighted by Gasteiger charge is -2.08. The van der Waals surface area contributed by atoms with Gasteiger partial charge in [0.2, 0.25) is 5.13 Å². The van der Waals surface area contributed by atoms with Gasteiger partial charge in [0.15, 0.2) is 0 Å². The maximum atomic E-state index is 5.95. The number of nitrogens with zero attached hydrogens (tertiary/aromatic N) is 2. The zero-order valence-electron chi connectivity index (χ0n) is 16.3. The number of nitrogens with one attached hydrogen (secondary N) is 1. The number of anilines is 1. The van der Waals surface area contributed by atoms with E-state index in [2.05, 4.69) is 34.6 Å². The van der Waals surface area contributed by atoms with Crippen LogP contribution in [0.25, 0.3) is 11.3 Å². The van der Waals surface area contributed by atoms with Crippen molar-refractivity contribution in [3.8, 4) is 17.0 Å². The average Bonchev–Trinajstić information content (AvgIpc) is 3.21. The molecule has 0 aliphatic heterocycles. The molecule has 0 unspecified atom stereocenters. The van der Waals surface area contributed by atoms with Crippen LogP contribution in [0.4, 0.5) is 5.13 Å². The molecule has 3 aromatic rings. The van der Waals surface area contributed by atoms with E-state index in [-0.39, 0.29) is 0 Å². The minimum atomic E-state index is 0.745. The van der Waals surface area contributed by atoms with E-state index in [0.29, 0.717) is 0 Å². The number of ether oxygens (including phenoxy) is 1. The molecule has 1 N–H and O–H groups in total. The Morgan fingerprint density at radius 1 is 1.00 bits per heavy atom. The molecule has 0 radical (unpaired) electrons. The Morgan fingerprint density at radius 2 is 1.79 bits per heavy atom. The highest BCUT2D eigenvalue weighted by atomic mass is 32.1. The molecule has 2 aromatic carbocycles. The van der Waals surface area contributed by atoms with E-state index >= 15 is 0 Å². The fourth-order valence-electron chi connectivity index (χ4n) is 2.83. The van der Waals surface area contributed by atoms with Gasteiger partial charge in [0.1, 0.15) is 5.75 Å². The van der Waals surface area contributed by atoms with Crippen molar-refractivity contribution in [3.05, 3.63) is 65.5 Å². The van der Waals surface area contributed by atoms with Gasteiger partial charge in [0, 0.05) is 16.5 Å². The van der Waals surface area contributed by atoms with Gasteiger partial charge < -0.3 is 4.74 Å². The summed E-state index contributed by atoms with van der Waals surface area (Å²) < 4.78 is 5.95. The Hall–Kier alpha value is -2.66. The number of hydrogen-bond acceptors (Lipinski definition) is 5. The molecule has 0 aliphatic carbocycles. The number of unbranched alkanes of at least 4 members (excludes halogenated alkanes) is 4. The van der Waals surface area contributed by atoms with Crippen LogP contribution in [0.3, 0.4) is 0 Å². The molecule has 0 bridgehead atoms. The van der Waals surface area contributed by atoms with E-state index in [1.54, 1.807) is 6.21 Å². The lowest BCUT2D eigenvalue weighted by Crippen LogP contribution is -2.00. The molecule has 3 rings (SSSR count). The quantitative estimate of drug-likeness (QED) is 0.227. The molecule has 0 atom stereocenters. The van der Waals surface area contributed by atoms with Crippen LogP contribution >= 0.6 is 11.3 Å². The van der Waals surface area contributed by atoms with Crippen LogP contribution in [0.1, 0.15) is 44.6 Å². The predicted molar refractivity (Wildman–Crippen MR) is 119 cm³/mol. The number of rotatable bonds is 11. The van der Waals surface area contributed by atoms with Gasteiger partial charge in [-0.15, -0.1) is 11.3 Å². The molecule has 4 nitrogen and oxygen atoms in total. The van der Waals surface area contributed by atoms with Gasteiger partial charge in [-0.05, 0) is 18.6 Å². The van der Waals surface area contributed by atoms with Crippen molar-refractivity contribution in [1.29, 1.82) is 0 Å². The summed E-state index contributed by atoms with van der Waals surface area (Å²) in [7, 11) is 0. The number of thiazole rings is 1. The molecular formula is C23H27N3OS. The van der Waals surface area contributed by atoms with E-state index in [4.69, 9.17) is 4.74 Å². The molecule has 0 spiro atoms. The first-order valence-corrected chi connectivity index (χ1v) is 10.8. The fraction of sp³-hybridized carbons (Fsp3) is 0.304. The van der Waals surface area contributed by atoms with Gasteiger partial charge in [-0.3, -0.25) is 5.43 Å². The monoisotopic (exact) mass is 393 g/mol. The first-order valence-electron chi connectivity index (χ1n) is 9.88. The molecule has 0 aliphatic rings. The van der Waals surface area contributed by atoms with E-state index in [1.165, 1.54) is 37.0 Å². The highest BCUT2D eigenvalue weighted by Gasteiger charge is 2.04. The van der Waals surface area contributed by atoms with Gasteiger partial charge in [-0.25, -0.2) is 4.98 Å². The predicted octanol–water partition coefficient (Wildman–Crippen LogP) is 6.61. The second-order valence-electron chi connectivity index (χ2n) is 6.57. The molecule has 28 heavy (non-hydrogen) atoms. The molecule has 146 valence electrons. The molecule has 0 saturated heterocycles. The van der Waals surface area contributed by atoms with Gasteiger partial charge in [-0.2, -0.15) is 5.10 Å². The molecule has 0 fully saturated rings. The van der Waals surface area contributed by atoms with Crippen molar-refractivity contribution >= 4 is 22.7 Å². The summed E-state index contributed by atoms with van der Waals surface area (Å²) in [6, 6.07) is 18.1.